The molecule has 8 aliphatic rings. The summed E-state index contributed by atoms with van der Waals surface area (Å²) < 4.78 is 0. The Balaban J connectivity index is 0.000000100. The van der Waals surface area contributed by atoms with Crippen LogP contribution in [0, 0.1) is 27.7 Å². The fourth-order valence-corrected chi connectivity index (χ4v) is 11.7. The number of hydrogen-bond donors (Lipinski definition) is 2. The molecular weight excluding hydrogens is 713 g/mol. The first-order valence-corrected chi connectivity index (χ1v) is 22.1. The molecule has 2 aliphatic heterocycles. The fraction of sp³-hybridized carbons (Fsp3) is 0.453. The van der Waals surface area contributed by atoms with Crippen LogP contribution in [0.15, 0.2) is 85.1 Å². The van der Waals surface area contributed by atoms with E-state index in [9.17, 15) is 14.4 Å². The zero-order valence-corrected chi connectivity index (χ0v) is 35.2. The predicted octanol–water partition coefficient (Wildman–Crippen LogP) is 11.6. The van der Waals surface area contributed by atoms with Crippen molar-refractivity contribution in [3.05, 3.63) is 141 Å². The van der Waals surface area contributed by atoms with Gasteiger partial charge in [-0.05, 0) is 142 Å². The van der Waals surface area contributed by atoms with E-state index in [-0.39, 0.29) is 22.2 Å². The van der Waals surface area contributed by atoms with E-state index in [1.165, 1.54) is 118 Å². The molecule has 4 aromatic carbocycles. The molecule has 1 amide bonds. The number of rotatable bonds is 0. The maximum Gasteiger partial charge on any atom is 0.225 e. The lowest BCUT2D eigenvalue weighted by Crippen LogP contribution is -2.35. The topological polar surface area (TPSA) is 75.3 Å². The van der Waals surface area contributed by atoms with Gasteiger partial charge in [-0.2, -0.15) is 0 Å². The van der Waals surface area contributed by atoms with Crippen LogP contribution >= 0.6 is 0 Å². The van der Waals surface area contributed by atoms with Gasteiger partial charge in [-0.25, -0.2) is 0 Å². The Labute approximate surface area is 345 Å². The quantitative estimate of drug-likeness (QED) is 0.187. The molecule has 5 heteroatoms. The van der Waals surface area contributed by atoms with Gasteiger partial charge in [0.25, 0.3) is 0 Å². The van der Waals surface area contributed by atoms with E-state index >= 15 is 0 Å². The number of Topliss-reactive ketones (excluding diaryl/α,β-unsaturated/α-hetero) is 2. The SMILES string of the molecule is C=C1CC2(CC2)c2ccc(C)cc2N1.Cc1ccc2c(c1)CC(=O)C21CC1.Cc1ccc2c(c1)CC(=O)C21CCCC1.Cc1ccc2c(c1)NC(=O)CC21CCCC1. The van der Waals surface area contributed by atoms with E-state index in [2.05, 4.69) is 118 Å². The Morgan fingerprint density at radius 3 is 1.36 bits per heavy atom. The molecule has 300 valence electrons. The summed E-state index contributed by atoms with van der Waals surface area (Å²) in [7, 11) is 0. The van der Waals surface area contributed by atoms with Gasteiger partial charge in [0.05, 0.1) is 10.8 Å². The number of aryl methyl sites for hydroxylation is 4. The summed E-state index contributed by atoms with van der Waals surface area (Å²) in [5.41, 5.74) is 17.3. The first-order chi connectivity index (χ1) is 27.8. The Morgan fingerprint density at radius 2 is 0.879 bits per heavy atom. The van der Waals surface area contributed by atoms with Crippen molar-refractivity contribution in [1.82, 2.24) is 0 Å². The van der Waals surface area contributed by atoms with Crippen LogP contribution in [0.25, 0.3) is 0 Å². The minimum absolute atomic E-state index is 0.0109. The molecule has 4 fully saturated rings. The van der Waals surface area contributed by atoms with Gasteiger partial charge in [-0.1, -0.05) is 104 Å². The van der Waals surface area contributed by atoms with Crippen molar-refractivity contribution in [3.8, 4) is 0 Å². The summed E-state index contributed by atoms with van der Waals surface area (Å²) in [6, 6.07) is 26.2. The van der Waals surface area contributed by atoms with Crippen LogP contribution in [0.1, 0.15) is 146 Å². The molecular formula is C53H60N2O3. The molecule has 58 heavy (non-hydrogen) atoms. The van der Waals surface area contributed by atoms with E-state index in [4.69, 9.17) is 0 Å². The summed E-state index contributed by atoms with van der Waals surface area (Å²) in [6.07, 6.45) is 17.5. The highest BCUT2D eigenvalue weighted by atomic mass is 16.2. The largest absolute Gasteiger partial charge is 0.359 e. The van der Waals surface area contributed by atoms with Crippen molar-refractivity contribution in [2.75, 3.05) is 10.6 Å². The zero-order valence-electron chi connectivity index (χ0n) is 35.2. The third-order valence-corrected chi connectivity index (χ3v) is 15.1. The molecule has 0 atom stereocenters. The van der Waals surface area contributed by atoms with Crippen molar-refractivity contribution >= 4 is 28.8 Å². The van der Waals surface area contributed by atoms with Crippen molar-refractivity contribution in [3.63, 3.8) is 0 Å². The fourth-order valence-electron chi connectivity index (χ4n) is 11.7. The minimum Gasteiger partial charge on any atom is -0.359 e. The molecule has 0 bridgehead atoms. The number of benzene rings is 4. The summed E-state index contributed by atoms with van der Waals surface area (Å²) in [5.74, 6) is 1.12. The van der Waals surface area contributed by atoms with Crippen molar-refractivity contribution in [2.45, 2.75) is 152 Å². The molecule has 6 aliphatic carbocycles. The first-order valence-electron chi connectivity index (χ1n) is 22.1. The van der Waals surface area contributed by atoms with E-state index in [0.717, 1.165) is 37.8 Å². The smallest absolute Gasteiger partial charge is 0.225 e. The van der Waals surface area contributed by atoms with Crippen molar-refractivity contribution in [1.29, 1.82) is 0 Å². The van der Waals surface area contributed by atoms with E-state index in [1.54, 1.807) is 0 Å². The number of carbonyl (C=O) groups is 3. The molecule has 12 rings (SSSR count). The first kappa shape index (κ1) is 38.7. The lowest BCUT2D eigenvalue weighted by atomic mass is 9.73. The molecule has 2 N–H and O–H groups in total. The van der Waals surface area contributed by atoms with Crippen LogP contribution in [-0.4, -0.2) is 17.5 Å². The summed E-state index contributed by atoms with van der Waals surface area (Å²) >= 11 is 0. The van der Waals surface area contributed by atoms with Crippen LogP contribution in [0.3, 0.4) is 0 Å². The average Bonchev–Trinajstić information content (AvgIpc) is 3.94. The van der Waals surface area contributed by atoms with E-state index in [1.807, 2.05) is 0 Å². The summed E-state index contributed by atoms with van der Waals surface area (Å²) in [5, 5.41) is 6.41. The second kappa shape index (κ2) is 14.5. The van der Waals surface area contributed by atoms with Gasteiger partial charge in [0, 0.05) is 47.2 Å². The van der Waals surface area contributed by atoms with Crippen LogP contribution < -0.4 is 10.6 Å². The van der Waals surface area contributed by atoms with Crippen LogP contribution in [0.2, 0.25) is 0 Å². The van der Waals surface area contributed by atoms with E-state index in [0.29, 0.717) is 36.2 Å². The molecule has 5 nitrogen and oxygen atoms in total. The summed E-state index contributed by atoms with van der Waals surface area (Å²) in [6.45, 7) is 12.5. The highest BCUT2D eigenvalue weighted by Gasteiger charge is 2.55. The van der Waals surface area contributed by atoms with Gasteiger partial charge < -0.3 is 10.6 Å². The number of hydrogen-bond acceptors (Lipinski definition) is 4. The molecule has 0 saturated heterocycles. The highest BCUT2D eigenvalue weighted by Crippen LogP contribution is 2.57. The number of carbonyl (C=O) groups excluding carboxylic acids is 3. The minimum atomic E-state index is -0.0664. The molecule has 4 aromatic rings. The monoisotopic (exact) mass is 772 g/mol. The highest BCUT2D eigenvalue weighted by molar-refractivity contribution is 5.99. The van der Waals surface area contributed by atoms with E-state index < -0.39 is 0 Å². The maximum absolute atomic E-state index is 12.2. The number of ketones is 2. The van der Waals surface area contributed by atoms with Gasteiger partial charge in [-0.15, -0.1) is 0 Å². The van der Waals surface area contributed by atoms with Gasteiger partial charge in [0.1, 0.15) is 11.6 Å². The Kier molecular flexibility index (Phi) is 9.68. The van der Waals surface area contributed by atoms with Crippen molar-refractivity contribution < 1.29 is 14.4 Å². The van der Waals surface area contributed by atoms with Crippen LogP contribution in [0.5, 0.6) is 0 Å². The van der Waals surface area contributed by atoms with Gasteiger partial charge >= 0.3 is 0 Å². The Bertz CT molecular complexity index is 2340. The Morgan fingerprint density at radius 1 is 0.466 bits per heavy atom. The lowest BCUT2D eigenvalue weighted by Gasteiger charge is -2.35. The third-order valence-electron chi connectivity index (χ3n) is 15.1. The normalized spacial score (nSPS) is 22.0. The number of allylic oxidation sites excluding steroid dienone is 1. The standard InChI is InChI=1S/C14H17NO.C14H16O.C13H15N.C12H12O/c1-10-4-5-11-12(8-10)15-13(16)9-14(11)6-2-3-7-14;1-10-4-5-12-11(8-10)9-13(15)14(12)6-2-3-7-14;1-9-3-4-11-12(7-9)14-10(2)8-13(11)5-6-13;1-8-2-3-10-9(6-8)7-11(13)12(10)4-5-12/h4-5,8H,2-3,6-7,9H2,1H3,(H,15,16);4-5,8H,2-3,6-7,9H2,1H3;3-4,7,14H,2,5-6,8H2,1H3;2-3,6H,4-5,7H2,1H3. The van der Waals surface area contributed by atoms with Crippen LogP contribution in [0.4, 0.5) is 11.4 Å². The number of anilines is 2. The molecule has 0 radical (unpaired) electrons. The molecule has 4 saturated carbocycles. The second-order valence-electron chi connectivity index (χ2n) is 19.4. The number of fused-ring (bicyclic) bond motifs is 8. The van der Waals surface area contributed by atoms with Crippen molar-refractivity contribution in [2.24, 2.45) is 0 Å². The number of nitrogens with one attached hydrogen (secondary N) is 2. The van der Waals surface area contributed by atoms with Gasteiger partial charge in [0.15, 0.2) is 0 Å². The molecule has 2 heterocycles. The molecule has 0 aromatic heterocycles. The predicted molar refractivity (Wildman–Crippen MR) is 235 cm³/mol. The van der Waals surface area contributed by atoms with Gasteiger partial charge in [-0.3, -0.25) is 14.4 Å². The number of amides is 1. The molecule has 4 spiro atoms. The second-order valence-corrected chi connectivity index (χ2v) is 19.4. The zero-order chi connectivity index (χ0) is 40.5. The average molecular weight is 773 g/mol. The summed E-state index contributed by atoms with van der Waals surface area (Å²) in [4.78, 5) is 35.7. The maximum atomic E-state index is 12.2. The third kappa shape index (κ3) is 6.86. The van der Waals surface area contributed by atoms with Gasteiger partial charge in [0.2, 0.25) is 5.91 Å². The van der Waals surface area contributed by atoms with Crippen LogP contribution in [-0.2, 0) is 48.9 Å². The molecule has 0 unspecified atom stereocenters. The Hall–Kier alpha value is -4.77. The lowest BCUT2D eigenvalue weighted by molar-refractivity contribution is -0.122.